The van der Waals surface area contributed by atoms with Crippen LogP contribution in [0.3, 0.4) is 0 Å². The predicted octanol–water partition coefficient (Wildman–Crippen LogP) is 2.41. The molecule has 3 heteroatoms. The van der Waals surface area contributed by atoms with Crippen LogP contribution in [0, 0.1) is 0 Å². The largest absolute Gasteiger partial charge is 0.487 e. The fourth-order valence-corrected chi connectivity index (χ4v) is 2.82. The van der Waals surface area contributed by atoms with Gasteiger partial charge in [0.05, 0.1) is 12.2 Å². The average molecular weight is 233 g/mol. The third kappa shape index (κ3) is 2.05. The summed E-state index contributed by atoms with van der Waals surface area (Å²) in [5, 5.41) is 0. The molecular formula is C14H19NO2. The molecule has 0 saturated carbocycles. The van der Waals surface area contributed by atoms with Gasteiger partial charge in [-0.05, 0) is 25.8 Å². The second-order valence-corrected chi connectivity index (χ2v) is 5.10. The highest BCUT2D eigenvalue weighted by atomic mass is 16.6. The molecule has 0 amide bonds. The van der Waals surface area contributed by atoms with Crippen LogP contribution in [0.15, 0.2) is 24.3 Å². The van der Waals surface area contributed by atoms with Crippen molar-refractivity contribution in [2.75, 3.05) is 0 Å². The minimum Gasteiger partial charge on any atom is -0.487 e. The van der Waals surface area contributed by atoms with Crippen LogP contribution in [0.1, 0.15) is 37.8 Å². The highest BCUT2D eigenvalue weighted by Gasteiger charge is 2.35. The van der Waals surface area contributed by atoms with Crippen molar-refractivity contribution in [2.24, 2.45) is 5.73 Å². The summed E-state index contributed by atoms with van der Waals surface area (Å²) in [7, 11) is 0. The van der Waals surface area contributed by atoms with Crippen molar-refractivity contribution in [1.29, 1.82) is 0 Å². The van der Waals surface area contributed by atoms with E-state index in [1.165, 1.54) is 0 Å². The predicted molar refractivity (Wildman–Crippen MR) is 66.0 cm³/mol. The number of rotatable bonds is 1. The van der Waals surface area contributed by atoms with E-state index in [0.717, 1.165) is 30.6 Å². The van der Waals surface area contributed by atoms with E-state index in [0.29, 0.717) is 6.10 Å². The molecule has 1 fully saturated rings. The van der Waals surface area contributed by atoms with Crippen LogP contribution < -0.4 is 10.5 Å². The summed E-state index contributed by atoms with van der Waals surface area (Å²) in [4.78, 5) is 0. The van der Waals surface area contributed by atoms with Crippen LogP contribution in [0.25, 0.3) is 0 Å². The molecule has 4 atom stereocenters. The highest BCUT2D eigenvalue weighted by Crippen LogP contribution is 2.37. The Morgan fingerprint density at radius 1 is 1.18 bits per heavy atom. The van der Waals surface area contributed by atoms with Crippen molar-refractivity contribution >= 4 is 0 Å². The maximum Gasteiger partial charge on any atom is 0.127 e. The zero-order chi connectivity index (χ0) is 11.8. The first-order valence-corrected chi connectivity index (χ1v) is 6.40. The second-order valence-electron chi connectivity index (χ2n) is 5.10. The van der Waals surface area contributed by atoms with E-state index in [2.05, 4.69) is 6.92 Å². The van der Waals surface area contributed by atoms with Crippen LogP contribution in [0.4, 0.5) is 0 Å². The summed E-state index contributed by atoms with van der Waals surface area (Å²) < 4.78 is 11.9. The second kappa shape index (κ2) is 4.31. The first-order valence-electron chi connectivity index (χ1n) is 6.40. The topological polar surface area (TPSA) is 44.5 Å². The Balaban J connectivity index is 1.79. The van der Waals surface area contributed by atoms with Gasteiger partial charge in [-0.1, -0.05) is 18.2 Å². The van der Waals surface area contributed by atoms with Gasteiger partial charge in [-0.25, -0.2) is 0 Å². The summed E-state index contributed by atoms with van der Waals surface area (Å²) in [5.74, 6) is 0.930. The van der Waals surface area contributed by atoms with E-state index in [1.54, 1.807) is 0 Å². The quantitative estimate of drug-likeness (QED) is 0.810. The Labute approximate surface area is 102 Å². The number of hydrogen-bond acceptors (Lipinski definition) is 3. The Hall–Kier alpha value is -1.06. The number of benzene rings is 1. The van der Waals surface area contributed by atoms with Gasteiger partial charge in [-0.3, -0.25) is 0 Å². The Morgan fingerprint density at radius 3 is 2.76 bits per heavy atom. The SMILES string of the molecule is CC1CCC(C2C[C@H](N)c3ccccc3O2)O1. The zero-order valence-electron chi connectivity index (χ0n) is 10.1. The fraction of sp³-hybridized carbons (Fsp3) is 0.571. The van der Waals surface area contributed by atoms with Gasteiger partial charge < -0.3 is 15.2 Å². The normalized spacial score (nSPS) is 36.4. The average Bonchev–Trinajstić information content (AvgIpc) is 2.76. The van der Waals surface area contributed by atoms with Crippen molar-refractivity contribution in [1.82, 2.24) is 0 Å². The van der Waals surface area contributed by atoms with E-state index in [9.17, 15) is 0 Å². The molecule has 0 spiro atoms. The molecule has 0 aromatic heterocycles. The van der Waals surface area contributed by atoms with Gasteiger partial charge in [0.25, 0.3) is 0 Å². The van der Waals surface area contributed by atoms with Gasteiger partial charge in [-0.2, -0.15) is 0 Å². The lowest BCUT2D eigenvalue weighted by Crippen LogP contribution is -2.38. The van der Waals surface area contributed by atoms with Crippen molar-refractivity contribution in [3.63, 3.8) is 0 Å². The number of para-hydroxylation sites is 1. The number of fused-ring (bicyclic) bond motifs is 1. The number of nitrogens with two attached hydrogens (primary N) is 1. The molecular weight excluding hydrogens is 214 g/mol. The van der Waals surface area contributed by atoms with Crippen LogP contribution in [-0.4, -0.2) is 18.3 Å². The monoisotopic (exact) mass is 233 g/mol. The number of hydrogen-bond donors (Lipinski definition) is 1. The molecule has 2 heterocycles. The summed E-state index contributed by atoms with van der Waals surface area (Å²) in [5.41, 5.74) is 7.32. The lowest BCUT2D eigenvalue weighted by atomic mass is 9.94. The molecule has 1 saturated heterocycles. The van der Waals surface area contributed by atoms with E-state index < -0.39 is 0 Å². The van der Waals surface area contributed by atoms with Crippen LogP contribution in [0.5, 0.6) is 5.75 Å². The van der Waals surface area contributed by atoms with Crippen molar-refractivity contribution in [2.45, 2.75) is 50.5 Å². The minimum absolute atomic E-state index is 0.0736. The third-order valence-electron chi connectivity index (χ3n) is 3.76. The first-order chi connectivity index (χ1) is 8.24. The van der Waals surface area contributed by atoms with E-state index in [1.807, 2.05) is 24.3 Å². The minimum atomic E-state index is 0.0736. The zero-order valence-corrected chi connectivity index (χ0v) is 10.1. The molecule has 2 aliphatic heterocycles. The van der Waals surface area contributed by atoms with Gasteiger partial charge in [0.1, 0.15) is 11.9 Å². The summed E-state index contributed by atoms with van der Waals surface area (Å²) in [6, 6.07) is 8.13. The van der Waals surface area contributed by atoms with E-state index in [-0.39, 0.29) is 18.2 Å². The lowest BCUT2D eigenvalue weighted by Gasteiger charge is -2.33. The maximum absolute atomic E-state index is 6.20. The molecule has 3 rings (SSSR count). The standard InChI is InChI=1S/C14H19NO2/c1-9-6-7-13(16-9)14-8-11(15)10-4-2-3-5-12(10)17-14/h2-5,9,11,13-14H,6-8,15H2,1H3/t9?,11-,13?,14?/m0/s1. The van der Waals surface area contributed by atoms with Crippen molar-refractivity contribution < 1.29 is 9.47 Å². The maximum atomic E-state index is 6.20. The molecule has 92 valence electrons. The Kier molecular flexibility index (Phi) is 2.81. The van der Waals surface area contributed by atoms with Gasteiger partial charge in [0.15, 0.2) is 0 Å². The Morgan fingerprint density at radius 2 is 2.00 bits per heavy atom. The summed E-state index contributed by atoms with van der Waals surface area (Å²) in [6.07, 6.45) is 3.75. The molecule has 0 aliphatic carbocycles. The van der Waals surface area contributed by atoms with Gasteiger partial charge in [0.2, 0.25) is 0 Å². The molecule has 0 radical (unpaired) electrons. The van der Waals surface area contributed by atoms with Crippen molar-refractivity contribution in [3.05, 3.63) is 29.8 Å². The molecule has 1 aromatic rings. The van der Waals surface area contributed by atoms with Crippen LogP contribution in [0.2, 0.25) is 0 Å². The molecule has 2 aliphatic rings. The summed E-state index contributed by atoms with van der Waals surface area (Å²) in [6.45, 7) is 2.12. The number of ether oxygens (including phenoxy) is 2. The van der Waals surface area contributed by atoms with E-state index >= 15 is 0 Å². The fourth-order valence-electron chi connectivity index (χ4n) is 2.82. The molecule has 2 N–H and O–H groups in total. The summed E-state index contributed by atoms with van der Waals surface area (Å²) >= 11 is 0. The van der Waals surface area contributed by atoms with Crippen LogP contribution in [-0.2, 0) is 4.74 Å². The van der Waals surface area contributed by atoms with Crippen LogP contribution >= 0.6 is 0 Å². The molecule has 0 bridgehead atoms. The Bertz CT molecular complexity index is 407. The van der Waals surface area contributed by atoms with Gasteiger partial charge in [0, 0.05) is 18.0 Å². The highest BCUT2D eigenvalue weighted by molar-refractivity contribution is 5.37. The lowest BCUT2D eigenvalue weighted by molar-refractivity contribution is -0.0281. The van der Waals surface area contributed by atoms with Gasteiger partial charge >= 0.3 is 0 Å². The molecule has 1 aromatic carbocycles. The van der Waals surface area contributed by atoms with Crippen molar-refractivity contribution in [3.8, 4) is 5.75 Å². The third-order valence-corrected chi connectivity index (χ3v) is 3.76. The molecule has 3 unspecified atom stereocenters. The van der Waals surface area contributed by atoms with E-state index in [4.69, 9.17) is 15.2 Å². The first kappa shape index (κ1) is 11.1. The smallest absolute Gasteiger partial charge is 0.127 e. The molecule has 3 nitrogen and oxygen atoms in total. The van der Waals surface area contributed by atoms with Gasteiger partial charge in [-0.15, -0.1) is 0 Å². The molecule has 17 heavy (non-hydrogen) atoms.